The molecule has 2 saturated carbocycles. The summed E-state index contributed by atoms with van der Waals surface area (Å²) in [5.74, 6) is -2.10. The van der Waals surface area contributed by atoms with E-state index in [1.165, 1.54) is 0 Å². The van der Waals surface area contributed by atoms with Gasteiger partial charge in [0.15, 0.2) is 0 Å². The zero-order chi connectivity index (χ0) is 8.06. The van der Waals surface area contributed by atoms with Crippen LogP contribution in [-0.2, 0) is 0 Å². The van der Waals surface area contributed by atoms with Crippen LogP contribution in [0.15, 0.2) is 0 Å². The van der Waals surface area contributed by atoms with Crippen molar-refractivity contribution in [3.05, 3.63) is 0 Å². The molecule has 2 fully saturated rings. The van der Waals surface area contributed by atoms with Gasteiger partial charge in [-0.25, -0.2) is 8.78 Å². The Morgan fingerprint density at radius 2 is 2.00 bits per heavy atom. The van der Waals surface area contributed by atoms with Crippen LogP contribution in [0.3, 0.4) is 0 Å². The van der Waals surface area contributed by atoms with Crippen LogP contribution in [0.4, 0.5) is 8.78 Å². The summed E-state index contributed by atoms with van der Waals surface area (Å²) in [7, 11) is 0. The lowest BCUT2D eigenvalue weighted by atomic mass is 9.87. The standard InChI is InChI=1S/C8H13F2N.ClH/c9-8(10)3-5-1-7(8)2-6(5)4-11;/h5-7H,1-4,11H2;1H/t5-,6+,7-;/m1./s1. The van der Waals surface area contributed by atoms with E-state index >= 15 is 0 Å². The van der Waals surface area contributed by atoms with E-state index < -0.39 is 5.92 Å². The SMILES string of the molecule is Cl.NC[C@@H]1C[C@H]2C[C@@H]1CC2(F)F. The Balaban J connectivity index is 0.000000720. The van der Waals surface area contributed by atoms with Gasteiger partial charge >= 0.3 is 0 Å². The van der Waals surface area contributed by atoms with Gasteiger partial charge in [0.25, 0.3) is 5.92 Å². The van der Waals surface area contributed by atoms with Crippen molar-refractivity contribution in [2.75, 3.05) is 6.54 Å². The molecule has 0 amide bonds. The summed E-state index contributed by atoms with van der Waals surface area (Å²) >= 11 is 0. The number of halogens is 3. The molecular formula is C8H14ClF2N. The molecular weight excluding hydrogens is 184 g/mol. The molecule has 0 radical (unpaired) electrons. The fraction of sp³-hybridized carbons (Fsp3) is 1.00. The Morgan fingerprint density at radius 1 is 1.33 bits per heavy atom. The number of alkyl halides is 2. The Kier molecular flexibility index (Phi) is 2.64. The molecule has 0 heterocycles. The first-order valence-electron chi connectivity index (χ1n) is 4.21. The molecule has 3 atom stereocenters. The van der Waals surface area contributed by atoms with Crippen LogP contribution in [0.1, 0.15) is 19.3 Å². The molecule has 2 bridgehead atoms. The lowest BCUT2D eigenvalue weighted by Crippen LogP contribution is -2.31. The first kappa shape index (κ1) is 10.2. The van der Waals surface area contributed by atoms with E-state index in [2.05, 4.69) is 0 Å². The lowest BCUT2D eigenvalue weighted by Gasteiger charge is -2.26. The first-order valence-corrected chi connectivity index (χ1v) is 4.21. The quantitative estimate of drug-likeness (QED) is 0.684. The topological polar surface area (TPSA) is 26.0 Å². The molecule has 0 aromatic rings. The van der Waals surface area contributed by atoms with Crippen molar-refractivity contribution >= 4 is 12.4 Å². The molecule has 0 saturated heterocycles. The average Bonchev–Trinajstić information content (AvgIpc) is 2.41. The maximum absolute atomic E-state index is 12.9. The van der Waals surface area contributed by atoms with E-state index in [4.69, 9.17) is 5.73 Å². The number of fused-ring (bicyclic) bond motifs is 2. The largest absolute Gasteiger partial charge is 0.330 e. The van der Waals surface area contributed by atoms with Crippen molar-refractivity contribution in [3.8, 4) is 0 Å². The van der Waals surface area contributed by atoms with Gasteiger partial charge in [-0.3, -0.25) is 0 Å². The van der Waals surface area contributed by atoms with E-state index in [9.17, 15) is 8.78 Å². The van der Waals surface area contributed by atoms with Crippen molar-refractivity contribution < 1.29 is 8.78 Å². The van der Waals surface area contributed by atoms with Crippen molar-refractivity contribution in [3.63, 3.8) is 0 Å². The molecule has 0 unspecified atom stereocenters. The lowest BCUT2D eigenvalue weighted by molar-refractivity contribution is -0.0601. The zero-order valence-corrected chi connectivity index (χ0v) is 7.62. The van der Waals surface area contributed by atoms with Crippen LogP contribution in [0.25, 0.3) is 0 Å². The van der Waals surface area contributed by atoms with Crippen LogP contribution >= 0.6 is 12.4 Å². The molecule has 2 N–H and O–H groups in total. The second-order valence-corrected chi connectivity index (χ2v) is 3.89. The minimum absolute atomic E-state index is 0. The molecule has 0 aromatic heterocycles. The van der Waals surface area contributed by atoms with Gasteiger partial charge in [-0.1, -0.05) is 0 Å². The van der Waals surface area contributed by atoms with Crippen molar-refractivity contribution in [1.29, 1.82) is 0 Å². The Bertz CT molecular complexity index is 174. The van der Waals surface area contributed by atoms with Crippen molar-refractivity contribution in [2.45, 2.75) is 25.2 Å². The smallest absolute Gasteiger partial charge is 0.251 e. The number of rotatable bonds is 1. The second kappa shape index (κ2) is 3.11. The second-order valence-electron chi connectivity index (χ2n) is 3.89. The third-order valence-corrected chi connectivity index (χ3v) is 3.28. The molecule has 2 aliphatic carbocycles. The van der Waals surface area contributed by atoms with E-state index in [0.29, 0.717) is 18.9 Å². The number of hydrogen-bond donors (Lipinski definition) is 1. The summed E-state index contributed by atoms with van der Waals surface area (Å²) in [6.45, 7) is 0.594. The molecule has 1 nitrogen and oxygen atoms in total. The van der Waals surface area contributed by atoms with E-state index in [-0.39, 0.29) is 30.7 Å². The summed E-state index contributed by atoms with van der Waals surface area (Å²) in [6.07, 6.45) is 1.47. The van der Waals surface area contributed by atoms with Gasteiger partial charge in [0, 0.05) is 12.3 Å². The van der Waals surface area contributed by atoms with Gasteiger partial charge in [-0.15, -0.1) is 12.4 Å². The van der Waals surface area contributed by atoms with Crippen LogP contribution < -0.4 is 5.73 Å². The molecule has 12 heavy (non-hydrogen) atoms. The maximum atomic E-state index is 12.9. The van der Waals surface area contributed by atoms with Gasteiger partial charge < -0.3 is 5.73 Å². The average molecular weight is 198 g/mol. The highest BCUT2D eigenvalue weighted by Gasteiger charge is 2.55. The fourth-order valence-corrected chi connectivity index (χ4v) is 2.61. The molecule has 2 aliphatic rings. The first-order chi connectivity index (χ1) is 5.13. The third kappa shape index (κ3) is 1.33. The van der Waals surface area contributed by atoms with Gasteiger partial charge in [-0.2, -0.15) is 0 Å². The van der Waals surface area contributed by atoms with Crippen LogP contribution in [0.2, 0.25) is 0 Å². The number of nitrogens with two attached hydrogens (primary N) is 1. The summed E-state index contributed by atoms with van der Waals surface area (Å²) in [4.78, 5) is 0. The summed E-state index contributed by atoms with van der Waals surface area (Å²) in [5, 5.41) is 0. The Morgan fingerprint density at radius 3 is 2.33 bits per heavy atom. The molecule has 0 spiro atoms. The Labute approximate surface area is 77.1 Å². The Hall–Kier alpha value is 0.110. The van der Waals surface area contributed by atoms with Gasteiger partial charge in [0.1, 0.15) is 0 Å². The van der Waals surface area contributed by atoms with Crippen LogP contribution in [-0.4, -0.2) is 12.5 Å². The molecule has 4 heteroatoms. The fourth-order valence-electron chi connectivity index (χ4n) is 2.61. The van der Waals surface area contributed by atoms with Crippen LogP contribution in [0.5, 0.6) is 0 Å². The number of hydrogen-bond acceptors (Lipinski definition) is 1. The van der Waals surface area contributed by atoms with Crippen molar-refractivity contribution in [1.82, 2.24) is 0 Å². The zero-order valence-electron chi connectivity index (χ0n) is 6.80. The molecule has 2 rings (SSSR count). The highest BCUT2D eigenvalue weighted by molar-refractivity contribution is 5.85. The summed E-state index contributed by atoms with van der Waals surface area (Å²) in [5.41, 5.74) is 5.46. The minimum atomic E-state index is -2.36. The van der Waals surface area contributed by atoms with E-state index in [0.717, 1.165) is 6.42 Å². The molecule has 0 aromatic carbocycles. The maximum Gasteiger partial charge on any atom is 0.251 e. The van der Waals surface area contributed by atoms with E-state index in [1.807, 2.05) is 0 Å². The monoisotopic (exact) mass is 197 g/mol. The van der Waals surface area contributed by atoms with Gasteiger partial charge in [-0.05, 0) is 31.2 Å². The van der Waals surface area contributed by atoms with Gasteiger partial charge in [0.05, 0.1) is 0 Å². The summed E-state index contributed by atoms with van der Waals surface area (Å²) < 4.78 is 25.8. The van der Waals surface area contributed by atoms with Crippen molar-refractivity contribution in [2.24, 2.45) is 23.5 Å². The highest BCUT2D eigenvalue weighted by Crippen LogP contribution is 2.55. The molecule has 0 aliphatic heterocycles. The third-order valence-electron chi connectivity index (χ3n) is 3.28. The predicted molar refractivity (Wildman–Crippen MR) is 45.6 cm³/mol. The normalized spacial score (nSPS) is 42.8. The predicted octanol–water partition coefficient (Wildman–Crippen LogP) is 2.05. The van der Waals surface area contributed by atoms with Crippen LogP contribution in [0, 0.1) is 17.8 Å². The van der Waals surface area contributed by atoms with Gasteiger partial charge in [0.2, 0.25) is 0 Å². The minimum Gasteiger partial charge on any atom is -0.330 e. The highest BCUT2D eigenvalue weighted by atomic mass is 35.5. The van der Waals surface area contributed by atoms with E-state index in [1.54, 1.807) is 0 Å². The molecule has 72 valence electrons. The summed E-state index contributed by atoms with van der Waals surface area (Å²) in [6, 6.07) is 0.